The normalized spacial score (nSPS) is 11.6. The van der Waals surface area contributed by atoms with Crippen LogP contribution in [0, 0.1) is 11.8 Å². The third kappa shape index (κ3) is 2.98. The highest BCUT2D eigenvalue weighted by atomic mass is 16.7. The van der Waals surface area contributed by atoms with Crippen LogP contribution < -0.4 is 14.8 Å². The molecule has 0 saturated heterocycles. The summed E-state index contributed by atoms with van der Waals surface area (Å²) in [6.45, 7) is 0.0912. The fraction of sp³-hybridized carbons (Fsp3) is 0.100. The molecule has 128 valence electrons. The van der Waals surface area contributed by atoms with Crippen LogP contribution in [-0.4, -0.2) is 22.5 Å². The number of fused-ring (bicyclic) bond motifs is 1. The van der Waals surface area contributed by atoms with Crippen LogP contribution in [0.3, 0.4) is 0 Å². The smallest absolute Gasteiger partial charge is 0.274 e. The van der Waals surface area contributed by atoms with Gasteiger partial charge in [0.25, 0.3) is 5.91 Å². The number of hydrogen-bond donors (Lipinski definition) is 1. The van der Waals surface area contributed by atoms with E-state index < -0.39 is 0 Å². The number of nitrogens with zero attached hydrogens (tertiary/aromatic N) is 2. The molecule has 1 aliphatic rings. The van der Waals surface area contributed by atoms with Crippen LogP contribution in [0.25, 0.3) is 0 Å². The van der Waals surface area contributed by atoms with Gasteiger partial charge >= 0.3 is 0 Å². The van der Waals surface area contributed by atoms with Gasteiger partial charge in [-0.3, -0.25) is 9.48 Å². The van der Waals surface area contributed by atoms with Gasteiger partial charge < -0.3 is 14.8 Å². The molecule has 26 heavy (non-hydrogen) atoms. The number of amides is 1. The minimum absolute atomic E-state index is 0.0912. The number of hydrogen-bond acceptors (Lipinski definition) is 4. The van der Waals surface area contributed by atoms with Gasteiger partial charge in [0.05, 0.1) is 11.3 Å². The Hall–Kier alpha value is -3.72. The number of carbonyl (C=O) groups excluding carboxylic acids is 1. The molecule has 1 N–H and O–H groups in total. The predicted octanol–water partition coefficient (Wildman–Crippen LogP) is 2.80. The number of ether oxygens (including phenoxy) is 2. The van der Waals surface area contributed by atoms with Crippen LogP contribution in [0.4, 0.5) is 5.69 Å². The zero-order valence-corrected chi connectivity index (χ0v) is 14.0. The van der Waals surface area contributed by atoms with Gasteiger partial charge in [-0.05, 0) is 30.3 Å². The first-order chi connectivity index (χ1) is 12.7. The standard InChI is InChI=1S/C20H15N3O3/c1-23-17(11-12-21-23)20(24)22-16-10-9-15(18-19(16)26-13-25-18)8-7-14-5-3-2-4-6-14/h2-6,9-12H,13H2,1H3,(H,22,24). The molecule has 2 heterocycles. The molecule has 3 aromatic rings. The molecule has 0 unspecified atom stereocenters. The molecule has 0 radical (unpaired) electrons. The molecule has 1 aromatic heterocycles. The molecular formula is C20H15N3O3. The molecule has 2 aromatic carbocycles. The molecule has 0 saturated carbocycles. The first kappa shape index (κ1) is 15.8. The molecule has 4 rings (SSSR count). The van der Waals surface area contributed by atoms with Crippen LogP contribution in [0.15, 0.2) is 54.7 Å². The Balaban J connectivity index is 1.63. The summed E-state index contributed by atoms with van der Waals surface area (Å²) in [6, 6.07) is 14.9. The van der Waals surface area contributed by atoms with Gasteiger partial charge in [0, 0.05) is 18.8 Å². The van der Waals surface area contributed by atoms with Crippen molar-refractivity contribution in [1.82, 2.24) is 9.78 Å². The number of nitrogens with one attached hydrogen (secondary N) is 1. The van der Waals surface area contributed by atoms with Crippen molar-refractivity contribution in [2.75, 3.05) is 12.1 Å². The number of rotatable bonds is 2. The number of carbonyl (C=O) groups is 1. The molecule has 6 heteroatoms. The number of benzene rings is 2. The average molecular weight is 345 g/mol. The highest BCUT2D eigenvalue weighted by Crippen LogP contribution is 2.42. The van der Waals surface area contributed by atoms with Gasteiger partial charge in [0.2, 0.25) is 6.79 Å². The molecule has 0 spiro atoms. The SMILES string of the molecule is Cn1nccc1C(=O)Nc1ccc(C#Cc2ccccc2)c2c1OCO2. The van der Waals surface area contributed by atoms with E-state index in [1.807, 2.05) is 36.4 Å². The van der Waals surface area contributed by atoms with Crippen molar-refractivity contribution in [2.45, 2.75) is 0 Å². The maximum atomic E-state index is 12.4. The zero-order chi connectivity index (χ0) is 17.9. The Bertz CT molecular complexity index is 1030. The van der Waals surface area contributed by atoms with E-state index in [-0.39, 0.29) is 12.7 Å². The van der Waals surface area contributed by atoms with Crippen LogP contribution >= 0.6 is 0 Å². The summed E-state index contributed by atoms with van der Waals surface area (Å²) < 4.78 is 12.6. The Morgan fingerprint density at radius 1 is 1.08 bits per heavy atom. The zero-order valence-electron chi connectivity index (χ0n) is 14.0. The fourth-order valence-electron chi connectivity index (χ4n) is 2.64. The Morgan fingerprint density at radius 2 is 1.88 bits per heavy atom. The van der Waals surface area contributed by atoms with E-state index >= 15 is 0 Å². The summed E-state index contributed by atoms with van der Waals surface area (Å²) >= 11 is 0. The van der Waals surface area contributed by atoms with Crippen molar-refractivity contribution in [3.05, 3.63) is 71.5 Å². The number of aromatic nitrogens is 2. The van der Waals surface area contributed by atoms with Gasteiger partial charge in [-0.15, -0.1) is 0 Å². The van der Waals surface area contributed by atoms with E-state index in [1.54, 1.807) is 25.4 Å². The van der Waals surface area contributed by atoms with Crippen molar-refractivity contribution >= 4 is 11.6 Å². The number of aryl methyl sites for hydroxylation is 1. The lowest BCUT2D eigenvalue weighted by Crippen LogP contribution is -2.16. The Labute approximate surface area is 150 Å². The van der Waals surface area contributed by atoms with Crippen LogP contribution in [0.5, 0.6) is 11.5 Å². The van der Waals surface area contributed by atoms with E-state index in [0.717, 1.165) is 5.56 Å². The second-order valence-corrected chi connectivity index (χ2v) is 5.64. The maximum absolute atomic E-state index is 12.4. The lowest BCUT2D eigenvalue weighted by molar-refractivity contribution is 0.101. The summed E-state index contributed by atoms with van der Waals surface area (Å²) in [5, 5.41) is 6.83. The minimum Gasteiger partial charge on any atom is -0.452 e. The second-order valence-electron chi connectivity index (χ2n) is 5.64. The van der Waals surface area contributed by atoms with Crippen molar-refractivity contribution in [2.24, 2.45) is 7.05 Å². The number of anilines is 1. The molecule has 0 atom stereocenters. The van der Waals surface area contributed by atoms with Gasteiger partial charge in [-0.2, -0.15) is 5.10 Å². The van der Waals surface area contributed by atoms with Crippen LogP contribution in [0.1, 0.15) is 21.6 Å². The molecule has 6 nitrogen and oxygen atoms in total. The summed E-state index contributed by atoms with van der Waals surface area (Å²) in [5.74, 6) is 6.95. The summed E-state index contributed by atoms with van der Waals surface area (Å²) in [7, 11) is 1.71. The molecule has 0 fully saturated rings. The first-order valence-electron chi connectivity index (χ1n) is 8.01. The minimum atomic E-state index is -0.272. The molecule has 1 amide bonds. The van der Waals surface area contributed by atoms with Gasteiger partial charge in [-0.1, -0.05) is 30.0 Å². The summed E-state index contributed by atoms with van der Waals surface area (Å²) in [6.07, 6.45) is 1.57. The van der Waals surface area contributed by atoms with Gasteiger partial charge in [-0.25, -0.2) is 0 Å². The fourth-order valence-corrected chi connectivity index (χ4v) is 2.64. The van der Waals surface area contributed by atoms with Crippen LogP contribution in [-0.2, 0) is 7.05 Å². The van der Waals surface area contributed by atoms with Gasteiger partial charge in [0.15, 0.2) is 11.5 Å². The van der Waals surface area contributed by atoms with Crippen molar-refractivity contribution in [3.8, 4) is 23.3 Å². The Kier molecular flexibility index (Phi) is 4.04. The highest BCUT2D eigenvalue weighted by molar-refractivity contribution is 6.04. The van der Waals surface area contributed by atoms with Crippen molar-refractivity contribution in [3.63, 3.8) is 0 Å². The molecule has 0 bridgehead atoms. The van der Waals surface area contributed by atoms with E-state index in [4.69, 9.17) is 9.47 Å². The van der Waals surface area contributed by atoms with Crippen LogP contribution in [0.2, 0.25) is 0 Å². The van der Waals surface area contributed by atoms with E-state index in [9.17, 15) is 4.79 Å². The summed E-state index contributed by atoms with van der Waals surface area (Å²) in [5.41, 5.74) is 2.60. The van der Waals surface area contributed by atoms with E-state index in [0.29, 0.717) is 28.4 Å². The maximum Gasteiger partial charge on any atom is 0.274 e. The third-order valence-corrected chi connectivity index (χ3v) is 3.94. The third-order valence-electron chi connectivity index (χ3n) is 3.94. The highest BCUT2D eigenvalue weighted by Gasteiger charge is 2.23. The average Bonchev–Trinajstić information content (AvgIpc) is 3.31. The first-order valence-corrected chi connectivity index (χ1v) is 8.01. The quantitative estimate of drug-likeness (QED) is 0.726. The van der Waals surface area contributed by atoms with Crippen molar-refractivity contribution < 1.29 is 14.3 Å². The summed E-state index contributed by atoms with van der Waals surface area (Å²) in [4.78, 5) is 12.4. The molecule has 1 aliphatic heterocycles. The predicted molar refractivity (Wildman–Crippen MR) is 96.1 cm³/mol. The largest absolute Gasteiger partial charge is 0.452 e. The van der Waals surface area contributed by atoms with Gasteiger partial charge in [0.1, 0.15) is 5.69 Å². The lowest BCUT2D eigenvalue weighted by Gasteiger charge is -2.09. The second kappa shape index (κ2) is 6.65. The monoisotopic (exact) mass is 345 g/mol. The van der Waals surface area contributed by atoms with E-state index in [1.165, 1.54) is 4.68 Å². The lowest BCUT2D eigenvalue weighted by atomic mass is 10.1. The van der Waals surface area contributed by atoms with E-state index in [2.05, 4.69) is 22.3 Å². The van der Waals surface area contributed by atoms with Crippen molar-refractivity contribution in [1.29, 1.82) is 0 Å². The molecular weight excluding hydrogens is 330 g/mol. The topological polar surface area (TPSA) is 65.4 Å². The Morgan fingerprint density at radius 3 is 2.65 bits per heavy atom. The molecule has 0 aliphatic carbocycles.